The Morgan fingerprint density at radius 2 is 2.07 bits per heavy atom. The summed E-state index contributed by atoms with van der Waals surface area (Å²) in [6.45, 7) is 1.77. The van der Waals surface area contributed by atoms with Crippen LogP contribution in [-0.2, 0) is 16.3 Å². The van der Waals surface area contributed by atoms with Crippen LogP contribution in [0, 0.1) is 5.82 Å². The number of hydrogen-bond acceptors (Lipinski definition) is 3. The minimum atomic E-state index is -3.34. The molecule has 0 saturated heterocycles. The summed E-state index contributed by atoms with van der Waals surface area (Å²) in [5.74, 6) is -0.518. The van der Waals surface area contributed by atoms with Crippen molar-refractivity contribution in [2.45, 2.75) is 24.3 Å². The molecule has 0 aliphatic rings. The Balaban J connectivity index is 3.09. The second kappa shape index (κ2) is 4.28. The van der Waals surface area contributed by atoms with E-state index in [2.05, 4.69) is 0 Å². The smallest absolute Gasteiger partial charge is 0.175 e. The van der Waals surface area contributed by atoms with E-state index < -0.39 is 15.7 Å². The van der Waals surface area contributed by atoms with Crippen molar-refractivity contribution in [3.8, 4) is 0 Å². The van der Waals surface area contributed by atoms with Crippen LogP contribution in [0.4, 0.5) is 4.39 Å². The Kier molecular flexibility index (Phi) is 3.46. The minimum Gasteiger partial charge on any atom is -0.328 e. The largest absolute Gasteiger partial charge is 0.328 e. The molecule has 0 radical (unpaired) electrons. The SMILES string of the molecule is CC(N)Cc1ccc(S(C)(=O)=O)cc1F. The second-order valence-electron chi connectivity index (χ2n) is 3.71. The van der Waals surface area contributed by atoms with Crippen molar-refractivity contribution in [1.29, 1.82) is 0 Å². The highest BCUT2D eigenvalue weighted by molar-refractivity contribution is 7.90. The lowest BCUT2D eigenvalue weighted by atomic mass is 10.1. The van der Waals surface area contributed by atoms with Crippen LogP contribution in [0.5, 0.6) is 0 Å². The number of nitrogens with two attached hydrogens (primary N) is 1. The molecule has 3 nitrogen and oxygen atoms in total. The monoisotopic (exact) mass is 231 g/mol. The Morgan fingerprint density at radius 1 is 1.47 bits per heavy atom. The van der Waals surface area contributed by atoms with E-state index in [4.69, 9.17) is 5.73 Å². The molecule has 84 valence electrons. The van der Waals surface area contributed by atoms with Crippen LogP contribution in [0.25, 0.3) is 0 Å². The topological polar surface area (TPSA) is 60.2 Å². The van der Waals surface area contributed by atoms with Gasteiger partial charge in [-0.15, -0.1) is 0 Å². The van der Waals surface area contributed by atoms with Gasteiger partial charge in [-0.2, -0.15) is 0 Å². The Bertz CT molecular complexity index is 454. The molecule has 1 unspecified atom stereocenters. The molecule has 0 aliphatic heterocycles. The lowest BCUT2D eigenvalue weighted by molar-refractivity contribution is 0.584. The van der Waals surface area contributed by atoms with E-state index in [0.29, 0.717) is 12.0 Å². The maximum atomic E-state index is 13.4. The Hall–Kier alpha value is -0.940. The first-order chi connectivity index (χ1) is 6.80. The minimum absolute atomic E-state index is 0.00609. The van der Waals surface area contributed by atoms with E-state index >= 15 is 0 Å². The van der Waals surface area contributed by atoms with Gasteiger partial charge in [-0.25, -0.2) is 12.8 Å². The van der Waals surface area contributed by atoms with E-state index in [1.165, 1.54) is 12.1 Å². The molecule has 1 rings (SSSR count). The summed E-state index contributed by atoms with van der Waals surface area (Å²) in [5.41, 5.74) is 5.97. The summed E-state index contributed by atoms with van der Waals surface area (Å²) < 4.78 is 35.7. The number of sulfone groups is 1. The van der Waals surface area contributed by atoms with Crippen molar-refractivity contribution in [3.05, 3.63) is 29.6 Å². The first-order valence-corrected chi connectivity index (χ1v) is 6.44. The molecule has 0 fully saturated rings. The highest BCUT2D eigenvalue weighted by atomic mass is 32.2. The first-order valence-electron chi connectivity index (χ1n) is 4.55. The molecular formula is C10H14FNO2S. The second-order valence-corrected chi connectivity index (χ2v) is 5.72. The zero-order chi connectivity index (χ0) is 11.6. The molecular weight excluding hydrogens is 217 g/mol. The molecule has 0 heterocycles. The number of hydrogen-bond donors (Lipinski definition) is 1. The standard InChI is InChI=1S/C10H14FNO2S/c1-7(12)5-8-3-4-9(6-10(8)11)15(2,13)14/h3-4,6-7H,5,12H2,1-2H3. The summed E-state index contributed by atoms with van der Waals surface area (Å²) in [6.07, 6.45) is 1.45. The maximum Gasteiger partial charge on any atom is 0.175 e. The van der Waals surface area contributed by atoms with Crippen molar-refractivity contribution < 1.29 is 12.8 Å². The lowest BCUT2D eigenvalue weighted by Crippen LogP contribution is -2.18. The highest BCUT2D eigenvalue weighted by Gasteiger charge is 2.11. The summed E-state index contributed by atoms with van der Waals surface area (Å²) >= 11 is 0. The van der Waals surface area contributed by atoms with Crippen LogP contribution in [-0.4, -0.2) is 20.7 Å². The average Bonchev–Trinajstić information content (AvgIpc) is 2.05. The molecule has 0 amide bonds. The molecule has 0 saturated carbocycles. The van der Waals surface area contributed by atoms with Crippen LogP contribution >= 0.6 is 0 Å². The van der Waals surface area contributed by atoms with Gasteiger partial charge in [0.2, 0.25) is 0 Å². The molecule has 0 aliphatic carbocycles. The third kappa shape index (κ3) is 3.28. The average molecular weight is 231 g/mol. The van der Waals surface area contributed by atoms with Gasteiger partial charge in [0.15, 0.2) is 9.84 Å². The van der Waals surface area contributed by atoms with Gasteiger partial charge in [-0.05, 0) is 31.0 Å². The zero-order valence-electron chi connectivity index (χ0n) is 8.70. The maximum absolute atomic E-state index is 13.4. The van der Waals surface area contributed by atoms with Gasteiger partial charge in [-0.1, -0.05) is 6.07 Å². The van der Waals surface area contributed by atoms with E-state index in [1.807, 2.05) is 0 Å². The van der Waals surface area contributed by atoms with Gasteiger partial charge in [0.05, 0.1) is 4.90 Å². The summed E-state index contributed by atoms with van der Waals surface area (Å²) in [6, 6.07) is 3.75. The molecule has 0 spiro atoms. The van der Waals surface area contributed by atoms with Gasteiger partial charge < -0.3 is 5.73 Å². The number of rotatable bonds is 3. The molecule has 1 aromatic carbocycles. The quantitative estimate of drug-likeness (QED) is 0.848. The van der Waals surface area contributed by atoms with Gasteiger partial charge in [0.25, 0.3) is 0 Å². The van der Waals surface area contributed by atoms with Gasteiger partial charge >= 0.3 is 0 Å². The van der Waals surface area contributed by atoms with Gasteiger partial charge in [0, 0.05) is 12.3 Å². The van der Waals surface area contributed by atoms with Crippen LogP contribution in [0.3, 0.4) is 0 Å². The van der Waals surface area contributed by atoms with Crippen LogP contribution in [0.1, 0.15) is 12.5 Å². The molecule has 1 aromatic rings. The molecule has 0 aromatic heterocycles. The molecule has 15 heavy (non-hydrogen) atoms. The molecule has 0 bridgehead atoms. The fourth-order valence-corrected chi connectivity index (χ4v) is 1.90. The fraction of sp³-hybridized carbons (Fsp3) is 0.400. The predicted octanol–water partition coefficient (Wildman–Crippen LogP) is 1.12. The summed E-state index contributed by atoms with van der Waals surface area (Å²) in [7, 11) is -3.34. The van der Waals surface area contributed by atoms with E-state index in [-0.39, 0.29) is 10.9 Å². The van der Waals surface area contributed by atoms with E-state index in [1.54, 1.807) is 6.92 Å². The van der Waals surface area contributed by atoms with Gasteiger partial charge in [0.1, 0.15) is 5.82 Å². The number of benzene rings is 1. The normalized spacial score (nSPS) is 13.9. The van der Waals surface area contributed by atoms with E-state index in [9.17, 15) is 12.8 Å². The third-order valence-electron chi connectivity index (χ3n) is 1.99. The summed E-state index contributed by atoms with van der Waals surface area (Å²) in [5, 5.41) is 0. The van der Waals surface area contributed by atoms with Crippen molar-refractivity contribution in [2.75, 3.05) is 6.26 Å². The Morgan fingerprint density at radius 3 is 2.47 bits per heavy atom. The van der Waals surface area contributed by atoms with Crippen molar-refractivity contribution in [3.63, 3.8) is 0 Å². The predicted molar refractivity (Wildman–Crippen MR) is 56.9 cm³/mol. The fourth-order valence-electron chi connectivity index (χ4n) is 1.27. The van der Waals surface area contributed by atoms with Crippen LogP contribution < -0.4 is 5.73 Å². The highest BCUT2D eigenvalue weighted by Crippen LogP contribution is 2.15. The Labute approximate surface area is 89.0 Å². The third-order valence-corrected chi connectivity index (χ3v) is 3.10. The summed E-state index contributed by atoms with van der Waals surface area (Å²) in [4.78, 5) is -0.00609. The first kappa shape index (κ1) is 12.1. The molecule has 2 N–H and O–H groups in total. The molecule has 1 atom stereocenters. The number of halogens is 1. The lowest BCUT2D eigenvalue weighted by Gasteiger charge is -2.07. The van der Waals surface area contributed by atoms with Crippen LogP contribution in [0.15, 0.2) is 23.1 Å². The van der Waals surface area contributed by atoms with Gasteiger partial charge in [-0.3, -0.25) is 0 Å². The van der Waals surface area contributed by atoms with Crippen molar-refractivity contribution in [1.82, 2.24) is 0 Å². The van der Waals surface area contributed by atoms with Crippen molar-refractivity contribution in [2.24, 2.45) is 5.73 Å². The van der Waals surface area contributed by atoms with Crippen LogP contribution in [0.2, 0.25) is 0 Å². The molecule has 5 heteroatoms. The van der Waals surface area contributed by atoms with Crippen molar-refractivity contribution >= 4 is 9.84 Å². The van der Waals surface area contributed by atoms with E-state index in [0.717, 1.165) is 12.3 Å². The zero-order valence-corrected chi connectivity index (χ0v) is 9.51.